The Bertz CT molecular complexity index is 939. The Morgan fingerprint density at radius 1 is 1.07 bits per heavy atom. The molecule has 1 aliphatic rings. The molecule has 0 bridgehead atoms. The lowest BCUT2D eigenvalue weighted by Crippen LogP contribution is -2.48. The molecule has 0 radical (unpaired) electrons. The Labute approximate surface area is 161 Å². The number of hydrogen-bond acceptors (Lipinski definition) is 5. The van der Waals surface area contributed by atoms with Crippen LogP contribution in [0.3, 0.4) is 0 Å². The van der Waals surface area contributed by atoms with E-state index in [2.05, 4.69) is 15.1 Å². The number of aromatic nitrogens is 2. The summed E-state index contributed by atoms with van der Waals surface area (Å²) < 4.78 is 0. The predicted molar refractivity (Wildman–Crippen MR) is 106 cm³/mol. The van der Waals surface area contributed by atoms with Gasteiger partial charge in [-0.3, -0.25) is 14.7 Å². The van der Waals surface area contributed by atoms with Crippen molar-refractivity contribution >= 4 is 28.7 Å². The Balaban J connectivity index is 1.43. The van der Waals surface area contributed by atoms with Crippen molar-refractivity contribution in [3.8, 4) is 10.6 Å². The molecule has 138 valence electrons. The van der Waals surface area contributed by atoms with Gasteiger partial charge in [-0.2, -0.15) is 5.10 Å². The second-order valence-electron chi connectivity index (χ2n) is 6.52. The van der Waals surface area contributed by atoms with Crippen molar-refractivity contribution in [2.45, 2.75) is 6.92 Å². The second-order valence-corrected chi connectivity index (χ2v) is 7.47. The topological polar surface area (TPSA) is 69.3 Å². The average Bonchev–Trinajstić information content (AvgIpc) is 3.39. The molecule has 0 unspecified atom stereocenters. The Hall–Kier alpha value is -2.93. The minimum atomic E-state index is 0.0127. The first-order chi connectivity index (χ1) is 13.1. The minimum Gasteiger partial charge on any atom is -0.368 e. The first-order valence-electron chi connectivity index (χ1n) is 8.86. The van der Waals surface area contributed by atoms with Gasteiger partial charge in [0.2, 0.25) is 0 Å². The molecule has 1 aromatic carbocycles. The van der Waals surface area contributed by atoms with Crippen LogP contribution in [0.5, 0.6) is 0 Å². The van der Waals surface area contributed by atoms with E-state index in [1.165, 1.54) is 0 Å². The van der Waals surface area contributed by atoms with Gasteiger partial charge in [-0.05, 0) is 42.6 Å². The molecular weight excluding hydrogens is 360 g/mol. The van der Waals surface area contributed by atoms with Gasteiger partial charge in [0.1, 0.15) is 0 Å². The van der Waals surface area contributed by atoms with Gasteiger partial charge in [0.05, 0.1) is 22.3 Å². The van der Waals surface area contributed by atoms with E-state index in [9.17, 15) is 9.59 Å². The molecule has 0 atom stereocenters. The third-order valence-electron chi connectivity index (χ3n) is 4.84. The fourth-order valence-electron chi connectivity index (χ4n) is 3.30. The van der Waals surface area contributed by atoms with Crippen LogP contribution in [0.1, 0.15) is 27.6 Å². The molecule has 1 saturated heterocycles. The molecule has 1 amide bonds. The van der Waals surface area contributed by atoms with Crippen LogP contribution in [-0.4, -0.2) is 53.0 Å². The molecule has 3 heterocycles. The van der Waals surface area contributed by atoms with Crippen LogP contribution in [0.15, 0.2) is 48.0 Å². The van der Waals surface area contributed by atoms with Gasteiger partial charge in [0, 0.05) is 37.4 Å². The van der Waals surface area contributed by atoms with E-state index < -0.39 is 0 Å². The highest BCUT2D eigenvalue weighted by molar-refractivity contribution is 7.13. The van der Waals surface area contributed by atoms with E-state index in [-0.39, 0.29) is 11.7 Å². The summed E-state index contributed by atoms with van der Waals surface area (Å²) in [6.07, 6.45) is 1.62. The number of anilines is 1. The van der Waals surface area contributed by atoms with E-state index in [0.29, 0.717) is 24.2 Å². The van der Waals surface area contributed by atoms with Gasteiger partial charge < -0.3 is 9.80 Å². The summed E-state index contributed by atoms with van der Waals surface area (Å²) in [6.45, 7) is 4.40. The van der Waals surface area contributed by atoms with Crippen LogP contribution in [-0.2, 0) is 0 Å². The summed E-state index contributed by atoms with van der Waals surface area (Å²) in [5, 5.41) is 9.01. The largest absolute Gasteiger partial charge is 0.368 e. The van der Waals surface area contributed by atoms with Crippen LogP contribution < -0.4 is 4.90 Å². The summed E-state index contributed by atoms with van der Waals surface area (Å²) in [5.74, 6) is 0.0809. The lowest BCUT2D eigenvalue weighted by Gasteiger charge is -2.36. The number of nitrogens with one attached hydrogen (secondary N) is 1. The summed E-state index contributed by atoms with van der Waals surface area (Å²) >= 11 is 1.59. The lowest BCUT2D eigenvalue weighted by molar-refractivity contribution is 0.0747. The summed E-state index contributed by atoms with van der Waals surface area (Å²) in [6, 6.07) is 11.6. The number of amides is 1. The number of ketones is 1. The quantitative estimate of drug-likeness (QED) is 0.705. The van der Waals surface area contributed by atoms with Crippen molar-refractivity contribution in [1.82, 2.24) is 15.1 Å². The number of rotatable bonds is 4. The van der Waals surface area contributed by atoms with Crippen LogP contribution in [0.25, 0.3) is 10.6 Å². The molecule has 1 aliphatic heterocycles. The normalized spacial score (nSPS) is 14.4. The number of carbonyl (C=O) groups is 2. The maximum atomic E-state index is 13.0. The van der Waals surface area contributed by atoms with Crippen LogP contribution >= 0.6 is 11.3 Å². The van der Waals surface area contributed by atoms with Crippen molar-refractivity contribution in [3.05, 3.63) is 59.1 Å². The number of benzene rings is 1. The zero-order valence-corrected chi connectivity index (χ0v) is 15.8. The summed E-state index contributed by atoms with van der Waals surface area (Å²) in [7, 11) is 0. The monoisotopic (exact) mass is 380 g/mol. The molecule has 0 spiro atoms. The van der Waals surface area contributed by atoms with Crippen LogP contribution in [0.4, 0.5) is 5.69 Å². The van der Waals surface area contributed by atoms with Gasteiger partial charge in [-0.1, -0.05) is 6.07 Å². The van der Waals surface area contributed by atoms with Gasteiger partial charge >= 0.3 is 0 Å². The molecule has 0 saturated carbocycles. The fourth-order valence-corrected chi connectivity index (χ4v) is 4.04. The Morgan fingerprint density at radius 3 is 2.44 bits per heavy atom. The zero-order chi connectivity index (χ0) is 18.8. The van der Waals surface area contributed by atoms with E-state index in [0.717, 1.165) is 29.3 Å². The third-order valence-corrected chi connectivity index (χ3v) is 5.73. The first-order valence-corrected chi connectivity index (χ1v) is 9.74. The standard InChI is InChI=1S/C20H20N4O2S/c1-14(25)15-4-6-16(7-5-15)23-8-10-24(11-9-23)20(26)17-13-21-22-19(17)18-3-2-12-27-18/h2-7,12-13H,8-11H2,1H3,(H,21,22). The Kier molecular flexibility index (Phi) is 4.77. The number of piperazine rings is 1. The number of carbonyl (C=O) groups excluding carboxylic acids is 2. The van der Waals surface area contributed by atoms with E-state index >= 15 is 0 Å². The van der Waals surface area contributed by atoms with Crippen molar-refractivity contribution in [1.29, 1.82) is 0 Å². The maximum Gasteiger partial charge on any atom is 0.257 e. The van der Waals surface area contributed by atoms with Crippen LogP contribution in [0, 0.1) is 0 Å². The first kappa shape index (κ1) is 17.5. The van der Waals surface area contributed by atoms with Crippen molar-refractivity contribution in [3.63, 3.8) is 0 Å². The maximum absolute atomic E-state index is 13.0. The SMILES string of the molecule is CC(=O)c1ccc(N2CCN(C(=O)c3cn[nH]c3-c3cccs3)CC2)cc1. The molecule has 1 N–H and O–H groups in total. The predicted octanol–water partition coefficient (Wildman–Crippen LogP) is 3.30. The highest BCUT2D eigenvalue weighted by Gasteiger charge is 2.25. The third kappa shape index (κ3) is 3.50. The zero-order valence-electron chi connectivity index (χ0n) is 15.0. The molecule has 6 nitrogen and oxygen atoms in total. The van der Waals surface area contributed by atoms with E-state index in [4.69, 9.17) is 0 Å². The lowest BCUT2D eigenvalue weighted by atomic mass is 10.1. The molecule has 3 aromatic rings. The molecule has 1 fully saturated rings. The second kappa shape index (κ2) is 7.36. The number of hydrogen-bond donors (Lipinski definition) is 1. The van der Waals surface area contributed by atoms with Crippen molar-refractivity contribution in [2.24, 2.45) is 0 Å². The van der Waals surface area contributed by atoms with Crippen molar-refractivity contribution in [2.75, 3.05) is 31.1 Å². The highest BCUT2D eigenvalue weighted by Crippen LogP contribution is 2.27. The number of nitrogens with zero attached hydrogens (tertiary/aromatic N) is 3. The van der Waals surface area contributed by atoms with Crippen molar-refractivity contribution < 1.29 is 9.59 Å². The molecule has 0 aliphatic carbocycles. The molecule has 7 heteroatoms. The van der Waals surface area contributed by atoms with Gasteiger partial charge in [0.15, 0.2) is 5.78 Å². The van der Waals surface area contributed by atoms with Gasteiger partial charge in [-0.15, -0.1) is 11.3 Å². The fraction of sp³-hybridized carbons (Fsp3) is 0.250. The van der Waals surface area contributed by atoms with Gasteiger partial charge in [0.25, 0.3) is 5.91 Å². The minimum absolute atomic E-state index is 0.0127. The number of thiophene rings is 1. The average molecular weight is 380 g/mol. The smallest absolute Gasteiger partial charge is 0.257 e. The van der Waals surface area contributed by atoms with E-state index in [1.54, 1.807) is 24.5 Å². The van der Waals surface area contributed by atoms with Crippen LogP contribution in [0.2, 0.25) is 0 Å². The Morgan fingerprint density at radius 2 is 1.81 bits per heavy atom. The van der Waals surface area contributed by atoms with E-state index in [1.807, 2.05) is 46.7 Å². The summed E-state index contributed by atoms with van der Waals surface area (Å²) in [4.78, 5) is 29.5. The molecular formula is C20H20N4O2S. The summed E-state index contributed by atoms with van der Waals surface area (Å²) in [5.41, 5.74) is 3.21. The number of aromatic amines is 1. The molecule has 4 rings (SSSR count). The van der Waals surface area contributed by atoms with Gasteiger partial charge in [-0.25, -0.2) is 0 Å². The highest BCUT2D eigenvalue weighted by atomic mass is 32.1. The molecule has 2 aromatic heterocycles. The number of H-pyrrole nitrogens is 1. The number of Topliss-reactive ketones (excluding diaryl/α,β-unsaturated/α-hetero) is 1. The molecule has 27 heavy (non-hydrogen) atoms.